The highest BCUT2D eigenvalue weighted by molar-refractivity contribution is 5.49. The maximum absolute atomic E-state index is 8.99. The quantitative estimate of drug-likeness (QED) is 0.818. The van der Waals surface area contributed by atoms with Crippen molar-refractivity contribution in [1.82, 2.24) is 4.90 Å². The van der Waals surface area contributed by atoms with Crippen LogP contribution < -0.4 is 9.47 Å². The molecule has 5 heteroatoms. The third-order valence-corrected chi connectivity index (χ3v) is 4.11. The minimum atomic E-state index is -0.312. The molecule has 20 heavy (non-hydrogen) atoms. The van der Waals surface area contributed by atoms with Crippen molar-refractivity contribution in [3.63, 3.8) is 0 Å². The van der Waals surface area contributed by atoms with Crippen molar-refractivity contribution in [3.05, 3.63) is 23.3 Å². The van der Waals surface area contributed by atoms with Gasteiger partial charge in [-0.2, -0.15) is 5.26 Å². The van der Waals surface area contributed by atoms with E-state index in [4.69, 9.17) is 19.5 Å². The first kappa shape index (κ1) is 13.2. The van der Waals surface area contributed by atoms with E-state index in [1.807, 2.05) is 6.07 Å². The van der Waals surface area contributed by atoms with E-state index in [1.54, 1.807) is 14.2 Å². The second-order valence-electron chi connectivity index (χ2n) is 5.12. The molecule has 0 N–H and O–H groups in total. The van der Waals surface area contributed by atoms with Crippen LogP contribution in [0, 0.1) is 11.3 Å². The van der Waals surface area contributed by atoms with Crippen LogP contribution in [-0.2, 0) is 11.2 Å². The lowest BCUT2D eigenvalue weighted by atomic mass is 9.91. The van der Waals surface area contributed by atoms with Crippen LogP contribution in [0.5, 0.6) is 11.5 Å². The largest absolute Gasteiger partial charge is 0.493 e. The Morgan fingerprint density at radius 1 is 1.30 bits per heavy atom. The van der Waals surface area contributed by atoms with Crippen LogP contribution in [0.2, 0.25) is 0 Å². The summed E-state index contributed by atoms with van der Waals surface area (Å²) in [5, 5.41) is 8.99. The molecule has 3 rings (SSSR count). The van der Waals surface area contributed by atoms with Crippen LogP contribution in [0.25, 0.3) is 0 Å². The van der Waals surface area contributed by atoms with Gasteiger partial charge in [-0.05, 0) is 29.7 Å². The zero-order chi connectivity index (χ0) is 14.1. The average molecular weight is 274 g/mol. The van der Waals surface area contributed by atoms with E-state index in [0.29, 0.717) is 13.2 Å². The summed E-state index contributed by atoms with van der Waals surface area (Å²) in [4.78, 5) is 2.33. The zero-order valence-corrected chi connectivity index (χ0v) is 11.8. The molecule has 0 unspecified atom stereocenters. The summed E-state index contributed by atoms with van der Waals surface area (Å²) in [7, 11) is 3.30. The molecule has 2 aliphatic rings. The summed E-state index contributed by atoms with van der Waals surface area (Å²) in [6, 6.07) is 6.50. The molecule has 0 amide bonds. The highest BCUT2D eigenvalue weighted by Gasteiger charge is 2.34. The van der Waals surface area contributed by atoms with Crippen molar-refractivity contribution in [2.75, 3.05) is 33.9 Å². The number of ether oxygens (including phenoxy) is 3. The Balaban J connectivity index is 1.95. The van der Waals surface area contributed by atoms with Crippen LogP contribution in [0.3, 0.4) is 0 Å². The van der Waals surface area contributed by atoms with Crippen molar-refractivity contribution >= 4 is 0 Å². The molecule has 1 aromatic carbocycles. The van der Waals surface area contributed by atoms with Gasteiger partial charge in [0.05, 0.1) is 32.9 Å². The monoisotopic (exact) mass is 274 g/mol. The second-order valence-corrected chi connectivity index (χ2v) is 5.12. The summed E-state index contributed by atoms with van der Waals surface area (Å²) < 4.78 is 16.4. The molecule has 106 valence electrons. The molecule has 5 nitrogen and oxygen atoms in total. The molecule has 0 bridgehead atoms. The molecule has 0 radical (unpaired) electrons. The maximum atomic E-state index is 8.99. The Labute approximate surface area is 118 Å². The fourth-order valence-electron chi connectivity index (χ4n) is 3.04. The van der Waals surface area contributed by atoms with Gasteiger partial charge in [-0.1, -0.05) is 0 Å². The summed E-state index contributed by atoms with van der Waals surface area (Å²) in [5.41, 5.74) is 2.51. The predicted octanol–water partition coefficient (Wildman–Crippen LogP) is 1.53. The Morgan fingerprint density at radius 2 is 2.05 bits per heavy atom. The first-order chi connectivity index (χ1) is 9.76. The van der Waals surface area contributed by atoms with E-state index in [-0.39, 0.29) is 12.1 Å². The van der Waals surface area contributed by atoms with Crippen LogP contribution in [0.4, 0.5) is 0 Å². The number of hydrogen-bond donors (Lipinski definition) is 0. The van der Waals surface area contributed by atoms with Gasteiger partial charge < -0.3 is 14.2 Å². The van der Waals surface area contributed by atoms with Gasteiger partial charge in [0.1, 0.15) is 0 Å². The number of hydrogen-bond acceptors (Lipinski definition) is 5. The predicted molar refractivity (Wildman–Crippen MR) is 72.9 cm³/mol. The first-order valence-electron chi connectivity index (χ1n) is 6.77. The van der Waals surface area contributed by atoms with Crippen molar-refractivity contribution < 1.29 is 14.2 Å². The van der Waals surface area contributed by atoms with E-state index in [1.165, 1.54) is 11.1 Å². The van der Waals surface area contributed by atoms with Gasteiger partial charge in [0.25, 0.3) is 0 Å². The lowest BCUT2D eigenvalue weighted by Crippen LogP contribution is -2.47. The van der Waals surface area contributed by atoms with Crippen LogP contribution in [-0.4, -0.2) is 44.9 Å². The molecule has 1 aromatic rings. The zero-order valence-electron chi connectivity index (χ0n) is 11.8. The van der Waals surface area contributed by atoms with Crippen molar-refractivity contribution in [2.24, 2.45) is 0 Å². The fraction of sp³-hybridized carbons (Fsp3) is 0.533. The van der Waals surface area contributed by atoms with Crippen LogP contribution in [0.15, 0.2) is 12.1 Å². The smallest absolute Gasteiger partial charge is 0.161 e. The van der Waals surface area contributed by atoms with E-state index in [9.17, 15) is 0 Å². The van der Waals surface area contributed by atoms with E-state index < -0.39 is 0 Å². The van der Waals surface area contributed by atoms with Gasteiger partial charge in [-0.15, -0.1) is 0 Å². The summed E-state index contributed by atoms with van der Waals surface area (Å²) >= 11 is 0. The molecule has 2 heterocycles. The number of rotatable bonds is 2. The summed E-state index contributed by atoms with van der Waals surface area (Å²) in [5.74, 6) is 1.52. The van der Waals surface area contributed by atoms with Crippen molar-refractivity contribution in [1.29, 1.82) is 5.26 Å². The van der Waals surface area contributed by atoms with Gasteiger partial charge >= 0.3 is 0 Å². The second kappa shape index (κ2) is 5.31. The minimum Gasteiger partial charge on any atom is -0.493 e. The Bertz CT molecular complexity index is 553. The van der Waals surface area contributed by atoms with Gasteiger partial charge in [-0.25, -0.2) is 0 Å². The van der Waals surface area contributed by atoms with Crippen molar-refractivity contribution in [2.45, 2.75) is 18.6 Å². The number of nitriles is 1. The molecule has 1 saturated heterocycles. The molecule has 2 atom stereocenters. The van der Waals surface area contributed by atoms with E-state index in [0.717, 1.165) is 24.5 Å². The Kier molecular flexibility index (Phi) is 3.51. The minimum absolute atomic E-state index is 0.211. The number of morpholine rings is 1. The number of nitrogens with zero attached hydrogens (tertiary/aromatic N) is 2. The lowest BCUT2D eigenvalue weighted by Gasteiger charge is -2.42. The normalized spacial score (nSPS) is 25.2. The molecule has 2 aliphatic heterocycles. The Hall–Kier alpha value is -1.77. The maximum Gasteiger partial charge on any atom is 0.161 e. The van der Waals surface area contributed by atoms with E-state index in [2.05, 4.69) is 17.0 Å². The van der Waals surface area contributed by atoms with E-state index >= 15 is 0 Å². The van der Waals surface area contributed by atoms with Crippen LogP contribution in [0.1, 0.15) is 17.2 Å². The molecule has 0 saturated carbocycles. The SMILES string of the molecule is COc1cc2c(cc1OC)[C@H]1CO[C@H](C#N)CN1CC2. The first-order valence-corrected chi connectivity index (χ1v) is 6.77. The Morgan fingerprint density at radius 3 is 2.75 bits per heavy atom. The third kappa shape index (κ3) is 2.11. The van der Waals surface area contributed by atoms with Crippen molar-refractivity contribution in [3.8, 4) is 17.6 Å². The molecular weight excluding hydrogens is 256 g/mol. The number of fused-ring (bicyclic) bond motifs is 3. The fourth-order valence-corrected chi connectivity index (χ4v) is 3.04. The van der Waals surface area contributed by atoms with Gasteiger partial charge in [-0.3, -0.25) is 4.90 Å². The summed E-state index contributed by atoms with van der Waals surface area (Å²) in [6.07, 6.45) is 0.651. The highest BCUT2D eigenvalue weighted by Crippen LogP contribution is 2.39. The summed E-state index contributed by atoms with van der Waals surface area (Å²) in [6.45, 7) is 2.18. The number of benzene rings is 1. The molecule has 0 aliphatic carbocycles. The van der Waals surface area contributed by atoms with Crippen LogP contribution >= 0.6 is 0 Å². The van der Waals surface area contributed by atoms with Gasteiger partial charge in [0, 0.05) is 13.1 Å². The highest BCUT2D eigenvalue weighted by atomic mass is 16.5. The number of methoxy groups -OCH3 is 2. The topological polar surface area (TPSA) is 54.7 Å². The molecular formula is C15H18N2O3. The molecule has 0 aromatic heterocycles. The average Bonchev–Trinajstić information content (AvgIpc) is 2.52. The third-order valence-electron chi connectivity index (χ3n) is 4.11. The van der Waals surface area contributed by atoms with Gasteiger partial charge in [0.2, 0.25) is 0 Å². The van der Waals surface area contributed by atoms with Gasteiger partial charge in [0.15, 0.2) is 17.6 Å². The standard InChI is InChI=1S/C15H18N2O3/c1-18-14-5-10-3-4-17-8-11(7-16)20-9-13(17)12(10)6-15(14)19-2/h5-6,11,13H,3-4,8-9H2,1-2H3/t11-,13-/m1/s1. The lowest BCUT2D eigenvalue weighted by molar-refractivity contribution is -0.0440. The molecule has 1 fully saturated rings. The molecule has 0 spiro atoms.